The number of allylic oxidation sites excluding steroid dienone is 1. The highest BCUT2D eigenvalue weighted by molar-refractivity contribution is 9.10. The Bertz CT molecular complexity index is 996. The van der Waals surface area contributed by atoms with Crippen LogP contribution in [0.25, 0.3) is 5.57 Å². The van der Waals surface area contributed by atoms with Gasteiger partial charge in [-0.25, -0.2) is 8.42 Å². The van der Waals surface area contributed by atoms with Crippen molar-refractivity contribution in [3.63, 3.8) is 0 Å². The fraction of sp³-hybridized carbons (Fsp3) is 0.238. The third-order valence-corrected chi connectivity index (χ3v) is 7.62. The van der Waals surface area contributed by atoms with Crippen LogP contribution >= 0.6 is 27.5 Å². The number of aryl methyl sites for hydroxylation is 1. The third-order valence-electron chi connectivity index (χ3n) is 4.63. The average molecular weight is 467 g/mol. The van der Waals surface area contributed by atoms with E-state index in [4.69, 9.17) is 11.6 Å². The molecule has 0 unspecified atom stereocenters. The normalized spacial score (nSPS) is 14.0. The standard InChI is InChI=1S/C21H21BrClNO2S/c1-4-11-24(27(25,26)17-9-5-14(2)6-10-17)21-13-19(22)20(23)12-18(21)15(3)16-7-8-16/h4-6,9-10,12-13,16H,1,3,7-8,11H2,2H3. The summed E-state index contributed by atoms with van der Waals surface area (Å²) >= 11 is 9.73. The molecule has 1 aliphatic rings. The molecule has 0 N–H and O–H groups in total. The van der Waals surface area contributed by atoms with Gasteiger partial charge in [-0.05, 0) is 71.5 Å². The van der Waals surface area contributed by atoms with Gasteiger partial charge in [-0.3, -0.25) is 4.31 Å². The molecule has 0 saturated heterocycles. The Morgan fingerprint density at radius 3 is 2.48 bits per heavy atom. The topological polar surface area (TPSA) is 37.4 Å². The van der Waals surface area contributed by atoms with Crippen LogP contribution in [0.15, 0.2) is 65.0 Å². The maximum Gasteiger partial charge on any atom is 0.264 e. The number of anilines is 1. The van der Waals surface area contributed by atoms with Crippen LogP contribution in [0.1, 0.15) is 24.0 Å². The van der Waals surface area contributed by atoms with E-state index in [1.807, 2.05) is 6.92 Å². The predicted molar refractivity (Wildman–Crippen MR) is 117 cm³/mol. The highest BCUT2D eigenvalue weighted by atomic mass is 79.9. The Morgan fingerprint density at radius 1 is 1.30 bits per heavy atom. The van der Waals surface area contributed by atoms with Gasteiger partial charge in [0.15, 0.2) is 0 Å². The molecule has 27 heavy (non-hydrogen) atoms. The minimum Gasteiger partial charge on any atom is -0.262 e. The summed E-state index contributed by atoms with van der Waals surface area (Å²) in [5.74, 6) is 0.383. The lowest BCUT2D eigenvalue weighted by Crippen LogP contribution is -2.32. The van der Waals surface area contributed by atoms with Gasteiger partial charge in [0.1, 0.15) is 0 Å². The van der Waals surface area contributed by atoms with Crippen molar-refractivity contribution in [2.75, 3.05) is 10.8 Å². The average Bonchev–Trinajstić information content (AvgIpc) is 3.46. The minimum absolute atomic E-state index is 0.148. The number of rotatable bonds is 7. The van der Waals surface area contributed by atoms with Crippen LogP contribution in [0.2, 0.25) is 5.02 Å². The smallest absolute Gasteiger partial charge is 0.262 e. The molecular formula is C21H21BrClNO2S. The van der Waals surface area contributed by atoms with Gasteiger partial charge in [-0.2, -0.15) is 0 Å². The summed E-state index contributed by atoms with van der Waals surface area (Å²) in [7, 11) is -3.77. The molecule has 2 aromatic carbocycles. The van der Waals surface area contributed by atoms with Gasteiger partial charge in [0.25, 0.3) is 10.0 Å². The van der Waals surface area contributed by atoms with Crippen molar-refractivity contribution in [2.24, 2.45) is 5.92 Å². The summed E-state index contributed by atoms with van der Waals surface area (Å²) in [4.78, 5) is 0.240. The molecule has 3 nitrogen and oxygen atoms in total. The number of sulfonamides is 1. The molecule has 142 valence electrons. The first kappa shape index (κ1) is 20.2. The summed E-state index contributed by atoms with van der Waals surface area (Å²) in [6, 6.07) is 10.4. The highest BCUT2D eigenvalue weighted by Gasteiger charge is 2.31. The zero-order chi connectivity index (χ0) is 19.8. The van der Waals surface area contributed by atoms with Crippen LogP contribution in [-0.4, -0.2) is 15.0 Å². The van der Waals surface area contributed by atoms with E-state index in [9.17, 15) is 8.42 Å². The first-order valence-corrected chi connectivity index (χ1v) is 11.3. The van der Waals surface area contributed by atoms with E-state index >= 15 is 0 Å². The number of hydrogen-bond acceptors (Lipinski definition) is 2. The monoisotopic (exact) mass is 465 g/mol. The molecule has 0 amide bonds. The minimum atomic E-state index is -3.77. The van der Waals surface area contributed by atoms with Gasteiger partial charge >= 0.3 is 0 Å². The van der Waals surface area contributed by atoms with Crippen LogP contribution in [0.5, 0.6) is 0 Å². The summed E-state index contributed by atoms with van der Waals surface area (Å²) in [6.07, 6.45) is 3.72. The summed E-state index contributed by atoms with van der Waals surface area (Å²) in [6.45, 7) is 10.0. The van der Waals surface area contributed by atoms with E-state index in [2.05, 4.69) is 29.1 Å². The Labute approximate surface area is 174 Å². The summed E-state index contributed by atoms with van der Waals surface area (Å²) in [5, 5.41) is 0.529. The number of hydrogen-bond donors (Lipinski definition) is 0. The fourth-order valence-corrected chi connectivity index (χ4v) is 4.87. The van der Waals surface area contributed by atoms with Crippen LogP contribution < -0.4 is 4.31 Å². The lowest BCUT2D eigenvalue weighted by atomic mass is 10.0. The van der Waals surface area contributed by atoms with E-state index in [1.165, 1.54) is 4.31 Å². The van der Waals surface area contributed by atoms with E-state index in [1.54, 1.807) is 42.5 Å². The first-order valence-electron chi connectivity index (χ1n) is 8.64. The van der Waals surface area contributed by atoms with Gasteiger partial charge in [-0.15, -0.1) is 6.58 Å². The molecule has 0 aromatic heterocycles. The SMILES string of the molecule is C=CCN(c1cc(Br)c(Cl)cc1C(=C)C1CC1)S(=O)(=O)c1ccc(C)cc1. The molecule has 0 bridgehead atoms. The fourth-order valence-electron chi connectivity index (χ4n) is 2.93. The zero-order valence-corrected chi connectivity index (χ0v) is 18.2. The van der Waals surface area contributed by atoms with E-state index in [-0.39, 0.29) is 11.4 Å². The second kappa shape index (κ2) is 7.82. The Hall–Kier alpha value is -1.56. The Kier molecular flexibility index (Phi) is 5.84. The predicted octanol–water partition coefficient (Wildman–Crippen LogP) is 6.22. The first-order chi connectivity index (χ1) is 12.8. The molecule has 1 saturated carbocycles. The lowest BCUT2D eigenvalue weighted by Gasteiger charge is -2.27. The number of benzene rings is 2. The Morgan fingerprint density at radius 2 is 1.93 bits per heavy atom. The summed E-state index contributed by atoms with van der Waals surface area (Å²) in [5.41, 5.74) is 3.25. The second-order valence-corrected chi connectivity index (χ2v) is 9.84. The zero-order valence-electron chi connectivity index (χ0n) is 15.1. The Balaban J connectivity index is 2.17. The van der Waals surface area contributed by atoms with Crippen molar-refractivity contribution >= 4 is 48.8 Å². The lowest BCUT2D eigenvalue weighted by molar-refractivity contribution is 0.593. The molecule has 0 radical (unpaired) electrons. The molecular weight excluding hydrogens is 446 g/mol. The number of halogens is 2. The number of nitrogens with zero attached hydrogens (tertiary/aromatic N) is 1. The van der Waals surface area contributed by atoms with Gasteiger partial charge in [0.2, 0.25) is 0 Å². The molecule has 3 rings (SSSR count). The van der Waals surface area contributed by atoms with E-state index in [0.717, 1.165) is 29.5 Å². The van der Waals surface area contributed by atoms with Crippen molar-refractivity contribution in [3.8, 4) is 0 Å². The van der Waals surface area contributed by atoms with Crippen LogP contribution in [0, 0.1) is 12.8 Å². The van der Waals surface area contributed by atoms with E-state index < -0.39 is 10.0 Å². The molecule has 6 heteroatoms. The van der Waals surface area contributed by atoms with Gasteiger partial charge in [-0.1, -0.05) is 42.0 Å². The largest absolute Gasteiger partial charge is 0.264 e. The van der Waals surface area contributed by atoms with Gasteiger partial charge in [0, 0.05) is 10.0 Å². The van der Waals surface area contributed by atoms with Crippen LogP contribution in [0.4, 0.5) is 5.69 Å². The maximum atomic E-state index is 13.4. The van der Waals surface area contributed by atoms with Crippen molar-refractivity contribution < 1.29 is 8.42 Å². The molecule has 1 fully saturated rings. The van der Waals surface area contributed by atoms with Crippen LogP contribution in [0.3, 0.4) is 0 Å². The third kappa shape index (κ3) is 4.15. The highest BCUT2D eigenvalue weighted by Crippen LogP contribution is 2.46. The second-order valence-electron chi connectivity index (χ2n) is 6.72. The van der Waals surface area contributed by atoms with E-state index in [0.29, 0.717) is 21.1 Å². The van der Waals surface area contributed by atoms with Crippen LogP contribution in [-0.2, 0) is 10.0 Å². The molecule has 0 spiro atoms. The van der Waals surface area contributed by atoms with Crippen molar-refractivity contribution in [1.29, 1.82) is 0 Å². The molecule has 0 heterocycles. The van der Waals surface area contributed by atoms with Crippen molar-refractivity contribution in [1.82, 2.24) is 0 Å². The molecule has 2 aromatic rings. The van der Waals surface area contributed by atoms with Gasteiger partial charge in [0.05, 0.1) is 22.2 Å². The summed E-state index contributed by atoms with van der Waals surface area (Å²) < 4.78 is 28.8. The van der Waals surface area contributed by atoms with Gasteiger partial charge < -0.3 is 0 Å². The molecule has 0 atom stereocenters. The molecule has 1 aliphatic carbocycles. The van der Waals surface area contributed by atoms with Crippen molar-refractivity contribution in [2.45, 2.75) is 24.7 Å². The molecule has 0 aliphatic heterocycles. The quantitative estimate of drug-likeness (QED) is 0.455. The maximum absolute atomic E-state index is 13.4. The van der Waals surface area contributed by atoms with Crippen molar-refractivity contribution in [3.05, 3.63) is 76.3 Å².